The molecule has 396 valence electrons. The van der Waals surface area contributed by atoms with Gasteiger partial charge in [0.05, 0.1) is 43.0 Å². The molecule has 0 spiro atoms. The number of aromatic nitrogens is 1. The van der Waals surface area contributed by atoms with Crippen molar-refractivity contribution >= 4 is 40.7 Å². The average molecular weight is 1010 g/mol. The maximum Gasteiger partial charge on any atom is 0.331 e. The monoisotopic (exact) mass is 1010 g/mol. The number of nitrogens with one attached hydrogen (secondary N) is 1. The third-order valence-corrected chi connectivity index (χ3v) is 14.5. The lowest BCUT2D eigenvalue weighted by Crippen LogP contribution is -2.62. The summed E-state index contributed by atoms with van der Waals surface area (Å²) in [5.74, 6) is -7.66. The van der Waals surface area contributed by atoms with Gasteiger partial charge in [-0.3, -0.25) is 14.4 Å². The summed E-state index contributed by atoms with van der Waals surface area (Å²) in [4.78, 5) is 69.5. The number of para-hydroxylation sites is 1. The minimum absolute atomic E-state index is 0.0873. The van der Waals surface area contributed by atoms with Gasteiger partial charge in [0.25, 0.3) is 0 Å². The van der Waals surface area contributed by atoms with E-state index in [9.17, 15) is 39.3 Å². The van der Waals surface area contributed by atoms with Crippen LogP contribution >= 0.6 is 0 Å². The van der Waals surface area contributed by atoms with Crippen molar-refractivity contribution < 1.29 is 77.2 Å². The maximum atomic E-state index is 13.7. The third kappa shape index (κ3) is 13.9. The molecule has 6 bridgehead atoms. The van der Waals surface area contributed by atoms with Gasteiger partial charge in [-0.2, -0.15) is 0 Å². The van der Waals surface area contributed by atoms with E-state index in [1.807, 2.05) is 43.5 Å². The van der Waals surface area contributed by atoms with Gasteiger partial charge in [0.15, 0.2) is 11.9 Å². The number of hydrogen-bond donors (Lipinski definition) is 4. The van der Waals surface area contributed by atoms with Crippen molar-refractivity contribution in [3.05, 3.63) is 84.1 Å². The van der Waals surface area contributed by atoms with Crippen LogP contribution in [0.1, 0.15) is 131 Å². The fourth-order valence-electron chi connectivity index (χ4n) is 10.1. The van der Waals surface area contributed by atoms with Crippen LogP contribution in [0.3, 0.4) is 0 Å². The number of carbonyl (C=O) groups excluding carboxylic acids is 5. The summed E-state index contributed by atoms with van der Waals surface area (Å²) >= 11 is 0. The molecule has 0 saturated carbocycles. The molecule has 5 heterocycles. The molecule has 0 radical (unpaired) electrons. The molecule has 6 rings (SSSR count). The van der Waals surface area contributed by atoms with Gasteiger partial charge < -0.3 is 58.2 Å². The number of hydrogen-bond acceptors (Lipinski definition) is 16. The highest BCUT2D eigenvalue weighted by Gasteiger charge is 2.59. The molecule has 0 amide bonds. The van der Waals surface area contributed by atoms with Crippen molar-refractivity contribution in [3.63, 3.8) is 0 Å². The van der Waals surface area contributed by atoms with E-state index in [1.54, 1.807) is 45.9 Å². The van der Waals surface area contributed by atoms with Crippen LogP contribution in [0.25, 0.3) is 10.9 Å². The number of H-pyrrole nitrogens is 1. The lowest BCUT2D eigenvalue weighted by atomic mass is 9.70. The number of methoxy groups -OCH3 is 1. The highest BCUT2D eigenvalue weighted by atomic mass is 16.7. The molecule has 4 N–H and O–H groups in total. The first-order valence-corrected chi connectivity index (χ1v) is 25.3. The van der Waals surface area contributed by atoms with E-state index in [1.165, 1.54) is 33.1 Å². The molecule has 17 heteroatoms. The fourth-order valence-corrected chi connectivity index (χ4v) is 10.1. The minimum Gasteiger partial charge on any atom is -0.466 e. The molecule has 4 aliphatic heterocycles. The number of esters is 5. The molecular formula is C55H75NO16. The second-order valence-electron chi connectivity index (χ2n) is 20.8. The molecule has 0 aliphatic carbocycles. The molecule has 3 fully saturated rings. The van der Waals surface area contributed by atoms with Crippen LogP contribution in [0, 0.1) is 10.8 Å². The number of aryl methyl sites for hydroxylation is 1. The Morgan fingerprint density at radius 1 is 0.944 bits per heavy atom. The van der Waals surface area contributed by atoms with E-state index < -0.39 is 107 Å². The van der Waals surface area contributed by atoms with Gasteiger partial charge in [-0.1, -0.05) is 89.6 Å². The molecule has 11 atom stereocenters. The Morgan fingerprint density at radius 3 is 2.43 bits per heavy atom. The van der Waals surface area contributed by atoms with E-state index in [2.05, 4.69) is 4.98 Å². The Balaban J connectivity index is 1.40. The van der Waals surface area contributed by atoms with E-state index in [0.717, 1.165) is 35.4 Å². The van der Waals surface area contributed by atoms with Crippen LogP contribution in [0.15, 0.2) is 78.6 Å². The van der Waals surface area contributed by atoms with E-state index >= 15 is 0 Å². The number of aliphatic hydroxyl groups excluding tert-OH is 1. The molecule has 17 nitrogen and oxygen atoms in total. The van der Waals surface area contributed by atoms with Gasteiger partial charge in [-0.15, -0.1) is 0 Å². The van der Waals surface area contributed by atoms with Gasteiger partial charge in [-0.25, -0.2) is 9.59 Å². The lowest BCUT2D eigenvalue weighted by Gasteiger charge is -2.53. The van der Waals surface area contributed by atoms with Crippen LogP contribution in [0.2, 0.25) is 0 Å². The summed E-state index contributed by atoms with van der Waals surface area (Å²) in [6.45, 7) is 11.5. The van der Waals surface area contributed by atoms with Gasteiger partial charge in [0.1, 0.15) is 18.3 Å². The largest absolute Gasteiger partial charge is 0.466 e. The molecule has 4 aliphatic rings. The molecule has 72 heavy (non-hydrogen) atoms. The number of aromatic amines is 1. The minimum atomic E-state index is -2.44. The van der Waals surface area contributed by atoms with Crippen molar-refractivity contribution in [1.29, 1.82) is 0 Å². The third-order valence-electron chi connectivity index (χ3n) is 14.5. The Kier molecular flexibility index (Phi) is 18.9. The Hall–Kier alpha value is -5.17. The maximum absolute atomic E-state index is 13.7. The number of unbranched alkanes of at least 4 members (excludes halogenated alkanes) is 1. The van der Waals surface area contributed by atoms with E-state index in [4.69, 9.17) is 37.9 Å². The number of ether oxygens (including phenoxy) is 8. The highest BCUT2D eigenvalue weighted by molar-refractivity contribution is 5.85. The molecule has 3 saturated heterocycles. The van der Waals surface area contributed by atoms with Gasteiger partial charge in [-0.05, 0) is 56.2 Å². The van der Waals surface area contributed by atoms with Gasteiger partial charge >= 0.3 is 29.8 Å². The molecular weight excluding hydrogens is 931 g/mol. The zero-order valence-electron chi connectivity index (χ0n) is 43.0. The summed E-state index contributed by atoms with van der Waals surface area (Å²) < 4.78 is 48.8. The number of allylic oxidation sites excluding steroid dienone is 3. The molecule has 2 aromatic rings. The summed E-state index contributed by atoms with van der Waals surface area (Å²) in [6.07, 6.45) is 6.64. The van der Waals surface area contributed by atoms with Crippen LogP contribution in [0.4, 0.5) is 0 Å². The summed E-state index contributed by atoms with van der Waals surface area (Å²) in [5.41, 5.74) is -0.625. The number of aliphatic hydroxyl groups is 3. The Labute approximate surface area is 422 Å². The van der Waals surface area contributed by atoms with Crippen molar-refractivity contribution in [2.45, 2.75) is 198 Å². The first-order valence-electron chi connectivity index (χ1n) is 25.3. The van der Waals surface area contributed by atoms with Gasteiger partial charge in [0, 0.05) is 86.5 Å². The normalized spacial score (nSPS) is 32.6. The summed E-state index contributed by atoms with van der Waals surface area (Å²) in [6, 6.07) is 7.82. The van der Waals surface area contributed by atoms with Crippen molar-refractivity contribution in [2.75, 3.05) is 7.11 Å². The number of cyclic esters (lactones) is 1. The predicted molar refractivity (Wildman–Crippen MR) is 263 cm³/mol. The van der Waals surface area contributed by atoms with Gasteiger partial charge in [0.2, 0.25) is 5.79 Å². The second kappa shape index (κ2) is 24.2. The number of benzene rings is 1. The van der Waals surface area contributed by atoms with E-state index in [-0.39, 0.29) is 69.8 Å². The van der Waals surface area contributed by atoms with E-state index in [0.29, 0.717) is 6.42 Å². The lowest BCUT2D eigenvalue weighted by molar-refractivity contribution is -0.348. The molecule has 1 aromatic carbocycles. The van der Waals surface area contributed by atoms with Crippen LogP contribution < -0.4 is 0 Å². The van der Waals surface area contributed by atoms with Crippen LogP contribution in [-0.2, 0) is 68.3 Å². The Morgan fingerprint density at radius 2 is 1.71 bits per heavy atom. The standard InChI is InChI=1S/C55H75NO16/c1-9-10-11-12-13-20-48(60)70-51-37(27-50(62)65-8)26-41-30-45(34(2)57)69-47(59)21-16-17-39-31-46(66-35(3)58)53(6,7)54(63,71-39)32-42-29-40(28-38(67-42)24-25-52(4,5)55(51,64)72-41)68-49(61)23-22-36-33-56-44-19-15-14-18-43(36)44/h11-15,18-20,24-25,27,33-34,38-42,45-46,51,56-57,63-64H,9-10,16-17,21-23,26,28-32H2,1-8H3/b12-11+,20-13+,25-24+,37-27+/t34-,38+,39-,40-,41+,42+,45-,46+,51+,54+,55-/m1/s1. The number of rotatable bonds is 12. The highest BCUT2D eigenvalue weighted by Crippen LogP contribution is 2.50. The zero-order valence-corrected chi connectivity index (χ0v) is 43.0. The van der Waals surface area contributed by atoms with Crippen molar-refractivity contribution in [1.82, 2.24) is 4.98 Å². The zero-order chi connectivity index (χ0) is 52.4. The Bertz CT molecular complexity index is 2340. The van der Waals surface area contributed by atoms with Crippen molar-refractivity contribution in [2.24, 2.45) is 10.8 Å². The fraction of sp³-hybridized carbons (Fsp3) is 0.618. The quantitative estimate of drug-likeness (QED) is 0.0539. The summed E-state index contributed by atoms with van der Waals surface area (Å²) in [5, 5.41) is 37.8. The molecule has 1 aromatic heterocycles. The molecule has 0 unspecified atom stereocenters. The van der Waals surface area contributed by atoms with Crippen LogP contribution in [-0.4, -0.2) is 124 Å². The smallest absolute Gasteiger partial charge is 0.331 e. The second-order valence-corrected chi connectivity index (χ2v) is 20.8. The predicted octanol–water partition coefficient (Wildman–Crippen LogP) is 7.24. The summed E-state index contributed by atoms with van der Waals surface area (Å²) in [7, 11) is 1.19. The topological polar surface area (TPSA) is 236 Å². The SMILES string of the molecule is CCC/C=C/C=C/C(=O)O[C@H]1/C(=C/C(=O)OC)C[C@H]2C[C@H]([C@@H](C)O)OC(=O)CCC[C@@H]3C[C@H](OC(C)=O)C(C)(C)[C@](O)(C[C@@H]4C[C@H](OC(=O)CCc5c[nH]c6ccccc56)C[C@H](/C=C/C(C)(C)[C@]1(O)O2)O4)O3. The first-order chi connectivity index (χ1) is 34.1. The van der Waals surface area contributed by atoms with Crippen LogP contribution in [0.5, 0.6) is 0 Å². The first kappa shape index (κ1) is 56.1. The van der Waals surface area contributed by atoms with Crippen molar-refractivity contribution in [3.8, 4) is 0 Å². The average Bonchev–Trinajstić information content (AvgIpc) is 3.72. The number of carbonyl (C=O) groups is 5. The number of fused-ring (bicyclic) bond motifs is 7.